The van der Waals surface area contributed by atoms with Gasteiger partial charge in [-0.05, 0) is 60.2 Å². The number of ether oxygens (including phenoxy) is 1. The van der Waals surface area contributed by atoms with Gasteiger partial charge in [0.2, 0.25) is 11.6 Å². The maximum Gasteiger partial charge on any atom is 0.335 e. The monoisotopic (exact) mass is 672 g/mol. The first-order chi connectivity index (χ1) is 21.2. The number of fused-ring (bicyclic) bond motifs is 2. The van der Waals surface area contributed by atoms with Gasteiger partial charge in [0.15, 0.2) is 5.76 Å². The molecule has 0 saturated heterocycles. The van der Waals surface area contributed by atoms with Crippen LogP contribution in [0.4, 0.5) is 5.69 Å². The predicted molar refractivity (Wildman–Crippen MR) is 168 cm³/mol. The molecule has 0 fully saturated rings. The summed E-state index contributed by atoms with van der Waals surface area (Å²) in [5.41, 5.74) is 0.763. The number of rotatable bonds is 8. The summed E-state index contributed by atoms with van der Waals surface area (Å²) in [4.78, 5) is 41.1. The van der Waals surface area contributed by atoms with E-state index in [4.69, 9.17) is 20.8 Å². The Labute approximate surface area is 260 Å². The minimum absolute atomic E-state index is 0.0433. The van der Waals surface area contributed by atoms with Crippen LogP contribution in [0.5, 0.6) is 5.75 Å². The maximum atomic E-state index is 13.7. The molecular formula is C31H18BrClN4O7. The number of para-hydroxylation sites is 1. The second kappa shape index (κ2) is 11.7. The van der Waals surface area contributed by atoms with Crippen LogP contribution in [-0.4, -0.2) is 31.9 Å². The Balaban J connectivity index is 1.48. The van der Waals surface area contributed by atoms with Crippen LogP contribution in [0.2, 0.25) is 5.02 Å². The van der Waals surface area contributed by atoms with Crippen molar-refractivity contribution in [3.8, 4) is 17.3 Å². The smallest absolute Gasteiger partial charge is 0.335 e. The van der Waals surface area contributed by atoms with Crippen LogP contribution >= 0.6 is 27.5 Å². The van der Waals surface area contributed by atoms with Crippen LogP contribution in [-0.2, 0) is 6.61 Å². The van der Waals surface area contributed by atoms with Gasteiger partial charge in [-0.15, -0.1) is 0 Å². The number of aromatic nitrogens is 2. The number of halogens is 2. The number of aromatic carboxylic acids is 1. The van der Waals surface area contributed by atoms with Crippen LogP contribution in [0.25, 0.3) is 33.5 Å². The summed E-state index contributed by atoms with van der Waals surface area (Å²) in [5, 5.41) is 27.2. The van der Waals surface area contributed by atoms with Gasteiger partial charge in [0.25, 0.3) is 5.56 Å². The molecule has 0 unspecified atom stereocenters. The zero-order valence-electron chi connectivity index (χ0n) is 22.3. The highest BCUT2D eigenvalue weighted by molar-refractivity contribution is 9.10. The zero-order valence-corrected chi connectivity index (χ0v) is 24.7. The molecule has 11 nitrogen and oxygen atoms in total. The van der Waals surface area contributed by atoms with Crippen LogP contribution in [0.15, 0.2) is 104 Å². The number of hydrogen-bond acceptors (Lipinski definition) is 8. The van der Waals surface area contributed by atoms with E-state index < -0.39 is 16.5 Å². The molecule has 2 aromatic heterocycles. The lowest BCUT2D eigenvalue weighted by atomic mass is 10.1. The van der Waals surface area contributed by atoms with Gasteiger partial charge in [0.05, 0.1) is 27.6 Å². The number of carbonyl (C=O) groups is 1. The highest BCUT2D eigenvalue weighted by Gasteiger charge is 2.22. The Hall–Kier alpha value is -5.33. The average molecular weight is 674 g/mol. The van der Waals surface area contributed by atoms with Gasteiger partial charge in [-0.2, -0.15) is 9.78 Å². The minimum Gasteiger partial charge on any atom is -0.481 e. The molecule has 0 spiro atoms. The van der Waals surface area contributed by atoms with E-state index >= 15 is 0 Å². The summed E-state index contributed by atoms with van der Waals surface area (Å²) < 4.78 is 13.3. The highest BCUT2D eigenvalue weighted by atomic mass is 79.9. The lowest BCUT2D eigenvalue weighted by Gasteiger charge is -2.11. The minimum atomic E-state index is -1.12. The third-order valence-corrected chi connectivity index (χ3v) is 7.27. The Morgan fingerprint density at radius 2 is 1.93 bits per heavy atom. The van der Waals surface area contributed by atoms with Gasteiger partial charge in [0.1, 0.15) is 12.2 Å². The van der Waals surface area contributed by atoms with E-state index in [0.29, 0.717) is 36.9 Å². The first kappa shape index (κ1) is 28.8. The molecule has 13 heteroatoms. The van der Waals surface area contributed by atoms with E-state index in [0.717, 1.165) is 4.68 Å². The van der Waals surface area contributed by atoms with Crippen molar-refractivity contribution >= 4 is 67.3 Å². The molecule has 0 amide bonds. The number of nitro benzene ring substituents is 1. The number of carboxylic acid groups (broad SMARTS) is 1. The fourth-order valence-electron chi connectivity index (χ4n) is 4.57. The number of nitro groups is 1. The molecule has 0 radical (unpaired) electrons. The SMILES string of the molecule is O=C(O)c1cccc(COc2c(C=Nn3c(-c4cc5cc(Cl)ccc5o4)nc4ccccc4c3=O)cc(Br)cc2[N+](=O)[O-])c1. The summed E-state index contributed by atoms with van der Waals surface area (Å²) in [6, 6.07) is 22.4. The van der Waals surface area contributed by atoms with Crippen LogP contribution in [0.1, 0.15) is 21.5 Å². The van der Waals surface area contributed by atoms with Crippen LogP contribution in [0, 0.1) is 10.1 Å². The first-order valence-corrected chi connectivity index (χ1v) is 14.0. The van der Waals surface area contributed by atoms with E-state index in [1.807, 2.05) is 0 Å². The fraction of sp³-hybridized carbons (Fsp3) is 0.0323. The second-order valence-corrected chi connectivity index (χ2v) is 10.9. The van der Waals surface area contributed by atoms with E-state index in [9.17, 15) is 24.8 Å². The summed E-state index contributed by atoms with van der Waals surface area (Å²) >= 11 is 9.44. The topological polar surface area (TPSA) is 150 Å². The second-order valence-electron chi connectivity index (χ2n) is 9.50. The van der Waals surface area contributed by atoms with Crippen molar-refractivity contribution in [2.75, 3.05) is 0 Å². The molecule has 0 atom stereocenters. The molecule has 1 N–H and O–H groups in total. The normalized spacial score (nSPS) is 11.4. The Kier molecular flexibility index (Phi) is 7.68. The van der Waals surface area contributed by atoms with Gasteiger partial charge < -0.3 is 14.3 Å². The molecule has 218 valence electrons. The largest absolute Gasteiger partial charge is 0.481 e. The van der Waals surface area contributed by atoms with Gasteiger partial charge in [-0.3, -0.25) is 14.9 Å². The summed E-state index contributed by atoms with van der Waals surface area (Å²) in [7, 11) is 0. The van der Waals surface area contributed by atoms with Gasteiger partial charge in [-0.25, -0.2) is 9.78 Å². The molecule has 4 aromatic carbocycles. The van der Waals surface area contributed by atoms with Crippen molar-refractivity contribution in [3.05, 3.63) is 132 Å². The van der Waals surface area contributed by atoms with Gasteiger partial charge in [0, 0.05) is 26.5 Å². The molecule has 0 aliphatic rings. The number of benzene rings is 4. The summed E-state index contributed by atoms with van der Waals surface area (Å²) in [6.07, 6.45) is 1.25. The third-order valence-electron chi connectivity index (χ3n) is 6.58. The average Bonchev–Trinajstić information content (AvgIpc) is 3.43. The van der Waals surface area contributed by atoms with E-state index in [2.05, 4.69) is 26.0 Å². The van der Waals surface area contributed by atoms with Crippen LogP contribution in [0.3, 0.4) is 0 Å². The molecule has 0 saturated carbocycles. The molecule has 6 aromatic rings. The molecule has 6 rings (SSSR count). The number of furan rings is 1. The van der Waals surface area contributed by atoms with Crippen molar-refractivity contribution in [2.24, 2.45) is 5.10 Å². The molecule has 2 heterocycles. The lowest BCUT2D eigenvalue weighted by Crippen LogP contribution is -2.20. The van der Waals surface area contributed by atoms with E-state index in [-0.39, 0.29) is 40.8 Å². The van der Waals surface area contributed by atoms with Crippen LogP contribution < -0.4 is 10.3 Å². The van der Waals surface area contributed by atoms with Crippen molar-refractivity contribution in [2.45, 2.75) is 6.61 Å². The van der Waals surface area contributed by atoms with Crippen molar-refractivity contribution in [1.29, 1.82) is 0 Å². The highest BCUT2D eigenvalue weighted by Crippen LogP contribution is 2.35. The standard InChI is InChI=1S/C31H18BrClN4O7/c32-21-11-20(28(25(14-21)37(41)42)43-16-17-4-3-5-18(10-17)31(39)40)15-34-36-29(35-24-7-2-1-6-23(24)30(36)38)27-13-19-12-22(33)8-9-26(19)44-27/h1-15H,16H2,(H,39,40). The van der Waals surface area contributed by atoms with Crippen molar-refractivity contribution in [1.82, 2.24) is 9.66 Å². The fourth-order valence-corrected chi connectivity index (χ4v) is 5.22. The summed E-state index contributed by atoms with van der Waals surface area (Å²) in [5.74, 6) is -0.913. The Bertz CT molecular complexity index is 2210. The molecule has 0 aliphatic carbocycles. The van der Waals surface area contributed by atoms with Crippen molar-refractivity contribution < 1.29 is 24.0 Å². The predicted octanol–water partition coefficient (Wildman–Crippen LogP) is 7.29. The number of carboxylic acids is 1. The molecular weight excluding hydrogens is 656 g/mol. The zero-order chi connectivity index (χ0) is 31.0. The van der Waals surface area contributed by atoms with E-state index in [1.165, 1.54) is 24.4 Å². The number of hydrogen-bond donors (Lipinski definition) is 1. The lowest BCUT2D eigenvalue weighted by molar-refractivity contribution is -0.386. The Morgan fingerprint density at radius 3 is 2.73 bits per heavy atom. The Morgan fingerprint density at radius 1 is 1.11 bits per heavy atom. The van der Waals surface area contributed by atoms with Gasteiger partial charge in [-0.1, -0.05) is 51.8 Å². The molecule has 0 bridgehead atoms. The number of nitrogens with zero attached hydrogens (tertiary/aromatic N) is 4. The summed E-state index contributed by atoms with van der Waals surface area (Å²) in [6.45, 7) is -0.172. The first-order valence-electron chi connectivity index (χ1n) is 12.9. The molecule has 0 aliphatic heterocycles. The maximum absolute atomic E-state index is 13.7. The molecule has 44 heavy (non-hydrogen) atoms. The van der Waals surface area contributed by atoms with Crippen molar-refractivity contribution in [3.63, 3.8) is 0 Å². The van der Waals surface area contributed by atoms with Gasteiger partial charge >= 0.3 is 11.7 Å². The van der Waals surface area contributed by atoms with E-state index in [1.54, 1.807) is 66.7 Å². The third kappa shape index (κ3) is 5.68. The quantitative estimate of drug-likeness (QED) is 0.101.